The van der Waals surface area contributed by atoms with E-state index < -0.39 is 0 Å². The first kappa shape index (κ1) is 11.1. The summed E-state index contributed by atoms with van der Waals surface area (Å²) in [6.45, 7) is 1.71. The van der Waals surface area contributed by atoms with Gasteiger partial charge in [-0.3, -0.25) is 9.88 Å². The number of pyridine rings is 1. The van der Waals surface area contributed by atoms with Crippen molar-refractivity contribution in [1.82, 2.24) is 9.88 Å². The number of hydrogen-bond donors (Lipinski definition) is 1. The minimum Gasteiger partial charge on any atom is -0.397 e. The molecule has 0 amide bonds. The monoisotopic (exact) mass is 233 g/mol. The molecule has 3 nitrogen and oxygen atoms in total. The van der Waals surface area contributed by atoms with E-state index in [9.17, 15) is 0 Å². The molecule has 2 heterocycles. The highest BCUT2D eigenvalue weighted by molar-refractivity contribution is 7.07. The Labute approximate surface area is 99.5 Å². The first-order valence-electron chi connectivity index (χ1n) is 5.14. The molecule has 0 saturated carbocycles. The predicted molar refractivity (Wildman–Crippen MR) is 68.1 cm³/mol. The van der Waals surface area contributed by atoms with E-state index in [0.717, 1.165) is 24.5 Å². The van der Waals surface area contributed by atoms with E-state index in [2.05, 4.69) is 33.8 Å². The smallest absolute Gasteiger partial charge is 0.0772 e. The summed E-state index contributed by atoms with van der Waals surface area (Å²) in [7, 11) is 2.08. The van der Waals surface area contributed by atoms with Crippen LogP contribution in [0.3, 0.4) is 0 Å². The fraction of sp³-hybridized carbons (Fsp3) is 0.250. The van der Waals surface area contributed by atoms with Crippen LogP contribution >= 0.6 is 11.3 Å². The third kappa shape index (κ3) is 2.81. The van der Waals surface area contributed by atoms with Crippen molar-refractivity contribution >= 4 is 17.0 Å². The molecule has 0 saturated heterocycles. The number of nitrogens with two attached hydrogens (primary N) is 1. The molecule has 0 aliphatic carbocycles. The second-order valence-corrected chi connectivity index (χ2v) is 4.62. The summed E-state index contributed by atoms with van der Waals surface area (Å²) in [6.07, 6.45) is 1.78. The van der Waals surface area contributed by atoms with Gasteiger partial charge in [-0.15, -0.1) is 0 Å². The summed E-state index contributed by atoms with van der Waals surface area (Å²) in [4.78, 5) is 6.49. The van der Waals surface area contributed by atoms with Crippen LogP contribution in [0.25, 0.3) is 0 Å². The van der Waals surface area contributed by atoms with Crippen molar-refractivity contribution < 1.29 is 0 Å². The van der Waals surface area contributed by atoms with Gasteiger partial charge in [-0.1, -0.05) is 0 Å². The molecule has 0 atom stereocenters. The molecule has 0 aromatic carbocycles. The first-order chi connectivity index (χ1) is 7.75. The highest BCUT2D eigenvalue weighted by Gasteiger charge is 2.05. The van der Waals surface area contributed by atoms with Crippen molar-refractivity contribution in [3.8, 4) is 0 Å². The molecule has 84 valence electrons. The number of anilines is 1. The van der Waals surface area contributed by atoms with Gasteiger partial charge >= 0.3 is 0 Å². The summed E-state index contributed by atoms with van der Waals surface area (Å²) in [5.74, 6) is 0. The Morgan fingerprint density at radius 3 is 2.94 bits per heavy atom. The average Bonchev–Trinajstić information content (AvgIpc) is 2.74. The van der Waals surface area contributed by atoms with Crippen molar-refractivity contribution in [2.75, 3.05) is 12.8 Å². The Hall–Kier alpha value is -1.39. The molecule has 0 fully saturated rings. The van der Waals surface area contributed by atoms with Gasteiger partial charge in [0, 0.05) is 19.3 Å². The number of nitrogen functional groups attached to an aromatic ring is 1. The molecular weight excluding hydrogens is 218 g/mol. The molecule has 2 aromatic rings. The molecule has 0 aliphatic rings. The zero-order valence-electron chi connectivity index (χ0n) is 9.26. The Bertz CT molecular complexity index is 439. The summed E-state index contributed by atoms with van der Waals surface area (Å²) < 4.78 is 0. The number of hydrogen-bond acceptors (Lipinski definition) is 4. The first-order valence-corrected chi connectivity index (χ1v) is 6.09. The maximum absolute atomic E-state index is 5.86. The summed E-state index contributed by atoms with van der Waals surface area (Å²) in [5.41, 5.74) is 8.90. The molecule has 2 aromatic heterocycles. The number of nitrogens with zero attached hydrogens (tertiary/aromatic N) is 2. The van der Waals surface area contributed by atoms with Crippen LogP contribution in [0.2, 0.25) is 0 Å². The second kappa shape index (κ2) is 5.09. The van der Waals surface area contributed by atoms with E-state index in [1.54, 1.807) is 17.5 Å². The molecule has 4 heteroatoms. The lowest BCUT2D eigenvalue weighted by Crippen LogP contribution is -2.18. The fourth-order valence-corrected chi connectivity index (χ4v) is 2.25. The maximum Gasteiger partial charge on any atom is 0.0772 e. The highest BCUT2D eigenvalue weighted by atomic mass is 32.1. The van der Waals surface area contributed by atoms with Gasteiger partial charge in [-0.25, -0.2) is 0 Å². The molecule has 0 aliphatic heterocycles. The van der Waals surface area contributed by atoms with Crippen LogP contribution in [0.1, 0.15) is 11.3 Å². The van der Waals surface area contributed by atoms with Crippen LogP contribution in [0, 0.1) is 0 Å². The Morgan fingerprint density at radius 2 is 2.25 bits per heavy atom. The van der Waals surface area contributed by atoms with Gasteiger partial charge in [0.15, 0.2) is 0 Å². The number of thiophene rings is 1. The van der Waals surface area contributed by atoms with E-state index in [4.69, 9.17) is 5.73 Å². The fourth-order valence-electron chi connectivity index (χ4n) is 1.59. The highest BCUT2D eigenvalue weighted by Crippen LogP contribution is 2.13. The molecule has 0 radical (unpaired) electrons. The lowest BCUT2D eigenvalue weighted by Gasteiger charge is -2.16. The van der Waals surface area contributed by atoms with E-state index in [0.29, 0.717) is 0 Å². The molecule has 0 unspecified atom stereocenters. The third-order valence-electron chi connectivity index (χ3n) is 2.38. The van der Waals surface area contributed by atoms with E-state index in [1.165, 1.54) is 5.56 Å². The van der Waals surface area contributed by atoms with Crippen molar-refractivity contribution in [1.29, 1.82) is 0 Å². The lowest BCUT2D eigenvalue weighted by molar-refractivity contribution is 0.316. The molecule has 2 rings (SSSR count). The Kier molecular flexibility index (Phi) is 3.54. The van der Waals surface area contributed by atoms with Gasteiger partial charge in [-0.05, 0) is 41.6 Å². The van der Waals surface area contributed by atoms with Gasteiger partial charge in [-0.2, -0.15) is 11.3 Å². The van der Waals surface area contributed by atoms with Crippen molar-refractivity contribution in [3.05, 3.63) is 46.4 Å². The van der Waals surface area contributed by atoms with Crippen LogP contribution < -0.4 is 5.73 Å². The van der Waals surface area contributed by atoms with Crippen LogP contribution in [-0.4, -0.2) is 16.9 Å². The Balaban J connectivity index is 1.97. The third-order valence-corrected chi connectivity index (χ3v) is 3.11. The largest absolute Gasteiger partial charge is 0.397 e. The predicted octanol–water partition coefficient (Wildman–Crippen LogP) is 2.36. The zero-order chi connectivity index (χ0) is 11.4. The maximum atomic E-state index is 5.86. The molecule has 16 heavy (non-hydrogen) atoms. The van der Waals surface area contributed by atoms with Crippen LogP contribution in [-0.2, 0) is 13.1 Å². The standard InChI is InChI=1S/C12H15N3S/c1-15(7-10-4-6-16-9-10)8-12-11(13)3-2-5-14-12/h2-6,9H,7-8,13H2,1H3. The molecule has 0 spiro atoms. The van der Waals surface area contributed by atoms with Gasteiger partial charge in [0.25, 0.3) is 0 Å². The van der Waals surface area contributed by atoms with E-state index >= 15 is 0 Å². The van der Waals surface area contributed by atoms with Crippen molar-refractivity contribution in [3.63, 3.8) is 0 Å². The van der Waals surface area contributed by atoms with E-state index in [-0.39, 0.29) is 0 Å². The van der Waals surface area contributed by atoms with Crippen LogP contribution in [0.15, 0.2) is 35.2 Å². The minimum atomic E-state index is 0.764. The zero-order valence-corrected chi connectivity index (χ0v) is 10.1. The summed E-state index contributed by atoms with van der Waals surface area (Å²) in [6, 6.07) is 5.89. The minimum absolute atomic E-state index is 0.764. The van der Waals surface area contributed by atoms with E-state index in [1.807, 2.05) is 12.1 Å². The van der Waals surface area contributed by atoms with Crippen molar-refractivity contribution in [2.45, 2.75) is 13.1 Å². The summed E-state index contributed by atoms with van der Waals surface area (Å²) >= 11 is 1.72. The molecule has 2 N–H and O–H groups in total. The SMILES string of the molecule is CN(Cc1ccsc1)Cc1ncccc1N. The number of aromatic nitrogens is 1. The molecular formula is C12H15N3S. The summed E-state index contributed by atoms with van der Waals surface area (Å²) in [5, 5.41) is 4.26. The second-order valence-electron chi connectivity index (χ2n) is 3.84. The normalized spacial score (nSPS) is 10.9. The van der Waals surface area contributed by atoms with Crippen LogP contribution in [0.5, 0.6) is 0 Å². The number of rotatable bonds is 4. The lowest BCUT2D eigenvalue weighted by atomic mass is 10.2. The van der Waals surface area contributed by atoms with Gasteiger partial charge in [0.2, 0.25) is 0 Å². The van der Waals surface area contributed by atoms with Crippen LogP contribution in [0.4, 0.5) is 5.69 Å². The average molecular weight is 233 g/mol. The molecule has 0 bridgehead atoms. The van der Waals surface area contributed by atoms with Gasteiger partial charge in [0.1, 0.15) is 0 Å². The quantitative estimate of drug-likeness (QED) is 0.881. The Morgan fingerprint density at radius 1 is 1.38 bits per heavy atom. The van der Waals surface area contributed by atoms with Gasteiger partial charge < -0.3 is 5.73 Å². The van der Waals surface area contributed by atoms with Crippen molar-refractivity contribution in [2.24, 2.45) is 0 Å². The topological polar surface area (TPSA) is 42.2 Å². The van der Waals surface area contributed by atoms with Gasteiger partial charge in [0.05, 0.1) is 11.4 Å².